The number of carbonyl (C=O) groups excluding carboxylic acids is 3. The fourth-order valence-electron chi connectivity index (χ4n) is 5.46. The van der Waals surface area contributed by atoms with E-state index >= 15 is 0 Å². The summed E-state index contributed by atoms with van der Waals surface area (Å²) in [4.78, 5) is 45.5. The van der Waals surface area contributed by atoms with Gasteiger partial charge in [-0.05, 0) is 36.6 Å². The lowest BCUT2D eigenvalue weighted by Crippen LogP contribution is -2.52. The van der Waals surface area contributed by atoms with Crippen LogP contribution in [0, 0.1) is 5.92 Å². The second-order valence-corrected chi connectivity index (χ2v) is 10.5. The van der Waals surface area contributed by atoms with Crippen molar-refractivity contribution >= 4 is 63.8 Å². The summed E-state index contributed by atoms with van der Waals surface area (Å²) in [7, 11) is 3.28. The third kappa shape index (κ3) is 9.50. The Morgan fingerprint density at radius 1 is 1.05 bits per heavy atom. The second kappa shape index (κ2) is 18.2. The molecule has 0 aliphatic carbocycles. The second-order valence-electron chi connectivity index (χ2n) is 10.5. The number of Topliss-reactive ketones (excluding diaryl/α,β-unsaturated/α-hetero) is 1. The van der Waals surface area contributed by atoms with Crippen LogP contribution >= 0.6 is 40.5 Å². The number of fused-ring (bicyclic) bond motifs is 1. The summed E-state index contributed by atoms with van der Waals surface area (Å²) in [6, 6.07) is 6.14. The minimum Gasteiger partial charge on any atom is -0.383 e. The largest absolute Gasteiger partial charge is 0.383 e. The van der Waals surface area contributed by atoms with E-state index in [4.69, 9.17) is 14.2 Å². The molecule has 0 unspecified atom stereocenters. The number of likely N-dealkylation sites (tertiary alicyclic amines) is 1. The van der Waals surface area contributed by atoms with Crippen LogP contribution in [-0.2, 0) is 23.8 Å². The molecule has 0 radical (unpaired) electrons. The molecule has 0 spiro atoms. The fraction of sp³-hybridized carbons (Fsp3) is 0.679. The molecule has 2 amide bonds. The molecule has 4 atom stereocenters. The van der Waals surface area contributed by atoms with Crippen LogP contribution in [-0.4, -0.2) is 118 Å². The van der Waals surface area contributed by atoms with E-state index in [-0.39, 0.29) is 90.7 Å². The predicted molar refractivity (Wildman–Crippen MR) is 177 cm³/mol. The molecular formula is C28H50N4O6S3. The number of hydrogen-bond acceptors (Lipinski definition) is 8. The van der Waals surface area contributed by atoms with E-state index in [1.54, 1.807) is 26.4 Å². The van der Waals surface area contributed by atoms with Crippen LogP contribution in [0.15, 0.2) is 24.3 Å². The van der Waals surface area contributed by atoms with E-state index in [9.17, 15) is 14.4 Å². The highest BCUT2D eigenvalue weighted by atomic mass is 32.1. The zero-order valence-electron chi connectivity index (χ0n) is 23.9. The first-order chi connectivity index (χ1) is 17.8. The van der Waals surface area contributed by atoms with E-state index in [1.165, 1.54) is 4.90 Å². The van der Waals surface area contributed by atoms with Crippen molar-refractivity contribution in [2.24, 2.45) is 5.92 Å². The highest BCUT2D eigenvalue weighted by molar-refractivity contribution is 7.59. The van der Waals surface area contributed by atoms with Crippen LogP contribution in [0.25, 0.3) is 0 Å². The number of amides is 2. The summed E-state index contributed by atoms with van der Waals surface area (Å²) in [5, 5.41) is 2.94. The van der Waals surface area contributed by atoms with Crippen molar-refractivity contribution in [2.75, 3.05) is 71.6 Å². The summed E-state index contributed by atoms with van der Waals surface area (Å²) in [6.45, 7) is 9.72. The molecule has 3 saturated heterocycles. The summed E-state index contributed by atoms with van der Waals surface area (Å²) >= 11 is 0. The van der Waals surface area contributed by atoms with Gasteiger partial charge in [0.25, 0.3) is 5.91 Å². The Bertz CT molecular complexity index is 963. The normalized spacial score (nSPS) is 22.6. The van der Waals surface area contributed by atoms with E-state index < -0.39 is 18.2 Å². The maximum Gasteiger partial charge on any atom is 0.251 e. The summed E-state index contributed by atoms with van der Waals surface area (Å²) in [5.41, 5.74) is 1.57. The lowest BCUT2D eigenvalue weighted by Gasteiger charge is -2.36. The van der Waals surface area contributed by atoms with Crippen LogP contribution < -0.4 is 10.2 Å². The van der Waals surface area contributed by atoms with Gasteiger partial charge in [-0.2, -0.15) is 40.5 Å². The number of hydrogen-bond donors (Lipinski definition) is 1. The number of methoxy groups -OCH3 is 2. The maximum atomic E-state index is 13.6. The molecule has 1 N–H and O–H groups in total. The summed E-state index contributed by atoms with van der Waals surface area (Å²) in [5.74, 6) is -0.518. The average molecular weight is 635 g/mol. The van der Waals surface area contributed by atoms with Crippen LogP contribution in [0.4, 0.5) is 5.69 Å². The van der Waals surface area contributed by atoms with Gasteiger partial charge in [-0.1, -0.05) is 21.3 Å². The molecule has 3 heterocycles. The van der Waals surface area contributed by atoms with Gasteiger partial charge in [-0.25, -0.2) is 0 Å². The third-order valence-corrected chi connectivity index (χ3v) is 7.51. The standard InChI is InChI=1S/C27H40N4O6.CH4.3H2S/c1-18(2)15-21(27(34)31-16-23(36-4)25-24(31)22(32)17-37-25)28-26(33)19-5-7-20(8-6-19)30-11-9-29(10-12-30)13-14-35-3;;;;/h5-8,18,21,23-25H,9-17H2,1-4H3,(H,28,33);1H4;3*1H2/t21-,23+,24+,25+;;;;/m0..../s1. The van der Waals surface area contributed by atoms with Gasteiger partial charge in [0, 0.05) is 58.2 Å². The van der Waals surface area contributed by atoms with Crippen LogP contribution in [0.2, 0.25) is 0 Å². The molecule has 236 valence electrons. The highest BCUT2D eigenvalue weighted by Gasteiger charge is 2.53. The lowest BCUT2D eigenvalue weighted by molar-refractivity contribution is -0.138. The Labute approximate surface area is 266 Å². The fourth-order valence-corrected chi connectivity index (χ4v) is 5.46. The third-order valence-electron chi connectivity index (χ3n) is 7.51. The van der Waals surface area contributed by atoms with Crippen LogP contribution in [0.5, 0.6) is 0 Å². The predicted octanol–water partition coefficient (Wildman–Crippen LogP) is 1.77. The van der Waals surface area contributed by atoms with E-state index in [2.05, 4.69) is 15.1 Å². The molecular weight excluding hydrogens is 585 g/mol. The molecule has 3 aliphatic heterocycles. The number of anilines is 1. The Morgan fingerprint density at radius 3 is 2.24 bits per heavy atom. The average Bonchev–Trinajstić information content (AvgIpc) is 3.47. The highest BCUT2D eigenvalue weighted by Crippen LogP contribution is 2.30. The molecule has 10 nitrogen and oxygen atoms in total. The molecule has 0 aromatic heterocycles. The van der Waals surface area contributed by atoms with Crippen molar-refractivity contribution in [1.82, 2.24) is 15.1 Å². The number of rotatable bonds is 10. The number of piperazine rings is 1. The van der Waals surface area contributed by atoms with Crippen molar-refractivity contribution in [1.29, 1.82) is 0 Å². The topological polar surface area (TPSA) is 101 Å². The van der Waals surface area contributed by atoms with Crippen molar-refractivity contribution in [3.63, 3.8) is 0 Å². The number of ketones is 1. The molecule has 41 heavy (non-hydrogen) atoms. The van der Waals surface area contributed by atoms with Gasteiger partial charge in [0.1, 0.15) is 30.9 Å². The molecule has 4 rings (SSSR count). The number of ether oxygens (including phenoxy) is 3. The number of nitrogens with one attached hydrogen (secondary N) is 1. The van der Waals surface area contributed by atoms with Crippen LogP contribution in [0.1, 0.15) is 38.1 Å². The molecule has 0 saturated carbocycles. The summed E-state index contributed by atoms with van der Waals surface area (Å²) < 4.78 is 16.3. The zero-order chi connectivity index (χ0) is 26.5. The van der Waals surface area contributed by atoms with E-state index in [0.29, 0.717) is 12.0 Å². The molecule has 3 aliphatic rings. The molecule has 3 fully saturated rings. The van der Waals surface area contributed by atoms with Crippen molar-refractivity contribution in [3.05, 3.63) is 29.8 Å². The lowest BCUT2D eigenvalue weighted by atomic mass is 10.0. The smallest absolute Gasteiger partial charge is 0.251 e. The Morgan fingerprint density at radius 2 is 1.68 bits per heavy atom. The van der Waals surface area contributed by atoms with Gasteiger partial charge in [-0.3, -0.25) is 19.3 Å². The van der Waals surface area contributed by atoms with Gasteiger partial charge >= 0.3 is 0 Å². The van der Waals surface area contributed by atoms with Gasteiger partial charge in [0.2, 0.25) is 5.91 Å². The first-order valence-electron chi connectivity index (χ1n) is 13.2. The first-order valence-corrected chi connectivity index (χ1v) is 13.2. The van der Waals surface area contributed by atoms with Gasteiger partial charge in [0.15, 0.2) is 5.78 Å². The summed E-state index contributed by atoms with van der Waals surface area (Å²) in [6.07, 6.45) is -0.340. The minimum atomic E-state index is -0.739. The quantitative estimate of drug-likeness (QED) is 0.416. The van der Waals surface area contributed by atoms with E-state index in [0.717, 1.165) is 45.0 Å². The number of nitrogens with zero attached hydrogens (tertiary/aromatic N) is 3. The minimum absolute atomic E-state index is 0. The Balaban J connectivity index is 0.00000400. The molecule has 13 heteroatoms. The van der Waals surface area contributed by atoms with Gasteiger partial charge in [-0.15, -0.1) is 0 Å². The zero-order valence-corrected chi connectivity index (χ0v) is 26.9. The molecule has 1 aromatic carbocycles. The molecule has 0 bridgehead atoms. The van der Waals surface area contributed by atoms with Crippen molar-refractivity contribution in [2.45, 2.75) is 52.0 Å². The monoisotopic (exact) mass is 634 g/mol. The number of benzene rings is 1. The SMILES string of the molecule is C.COCCN1CCN(c2ccc(C(=O)N[C@@H](CC(C)C)C(=O)N3C[C@@H](OC)[C@H]4OCC(=O)[C@H]43)cc2)CC1.S.S.S. The maximum absolute atomic E-state index is 13.6. The van der Waals surface area contributed by atoms with Crippen LogP contribution in [0.3, 0.4) is 0 Å². The Hall–Kier alpha value is -1.48. The molecule has 1 aromatic rings. The van der Waals surface area contributed by atoms with E-state index in [1.807, 2.05) is 26.0 Å². The Kier molecular flexibility index (Phi) is 17.6. The first kappa shape index (κ1) is 39.5. The van der Waals surface area contributed by atoms with Crippen molar-refractivity contribution < 1.29 is 28.6 Å². The van der Waals surface area contributed by atoms with Gasteiger partial charge < -0.3 is 29.3 Å². The number of carbonyl (C=O) groups is 3. The van der Waals surface area contributed by atoms with Gasteiger partial charge in [0.05, 0.1) is 13.2 Å². The van der Waals surface area contributed by atoms with Crippen molar-refractivity contribution in [3.8, 4) is 0 Å².